The van der Waals surface area contributed by atoms with E-state index >= 15 is 0 Å². The molecular weight excluding hydrogens is 200 g/mol. The lowest BCUT2D eigenvalue weighted by Gasteiger charge is -1.98. The van der Waals surface area contributed by atoms with Gasteiger partial charge in [0.25, 0.3) is 0 Å². The maximum absolute atomic E-state index is 5.53. The van der Waals surface area contributed by atoms with Gasteiger partial charge in [-0.05, 0) is 24.1 Å². The molecule has 0 spiro atoms. The van der Waals surface area contributed by atoms with Gasteiger partial charge >= 0.3 is 0 Å². The molecule has 0 aliphatic heterocycles. The summed E-state index contributed by atoms with van der Waals surface area (Å²) in [6, 6.07) is 3.96. The van der Waals surface area contributed by atoms with Crippen molar-refractivity contribution in [2.45, 2.75) is 19.9 Å². The molecule has 0 aromatic carbocycles. The van der Waals surface area contributed by atoms with Gasteiger partial charge in [0.05, 0.1) is 12.2 Å². The molecule has 0 saturated heterocycles. The first-order valence-corrected chi connectivity index (χ1v) is 5.52. The average Bonchev–Trinajstić information content (AvgIpc) is 2.74. The van der Waals surface area contributed by atoms with Crippen LogP contribution in [-0.4, -0.2) is 21.3 Å². The second kappa shape index (κ2) is 4.90. The Bertz CT molecular complexity index is 447. The first-order valence-electron chi connectivity index (χ1n) is 5.52. The lowest BCUT2D eigenvalue weighted by Crippen LogP contribution is -2.10. The fourth-order valence-corrected chi connectivity index (χ4v) is 1.72. The van der Waals surface area contributed by atoms with Crippen LogP contribution in [0.1, 0.15) is 12.5 Å². The first kappa shape index (κ1) is 10.8. The normalized spacial score (nSPS) is 10.6. The molecule has 0 radical (unpaired) electrons. The number of aryl methyl sites for hydroxylation is 1. The van der Waals surface area contributed by atoms with Gasteiger partial charge in [0.1, 0.15) is 0 Å². The Kier molecular flexibility index (Phi) is 3.31. The summed E-state index contributed by atoms with van der Waals surface area (Å²) in [6.45, 7) is 3.51. The third-order valence-corrected chi connectivity index (χ3v) is 2.53. The Morgan fingerprint density at radius 3 is 2.69 bits per heavy atom. The number of pyridine rings is 1. The van der Waals surface area contributed by atoms with Crippen molar-refractivity contribution in [1.82, 2.24) is 14.8 Å². The molecular formula is C12H16N4. The second-order valence-corrected chi connectivity index (χ2v) is 3.64. The highest BCUT2D eigenvalue weighted by atomic mass is 15.3. The zero-order valence-corrected chi connectivity index (χ0v) is 9.43. The van der Waals surface area contributed by atoms with E-state index in [1.807, 2.05) is 16.8 Å². The van der Waals surface area contributed by atoms with Crippen molar-refractivity contribution in [2.24, 2.45) is 5.73 Å². The van der Waals surface area contributed by atoms with Gasteiger partial charge < -0.3 is 5.73 Å². The molecule has 4 heteroatoms. The minimum absolute atomic E-state index is 0.612. The Hall–Kier alpha value is -1.68. The molecule has 2 aromatic rings. The van der Waals surface area contributed by atoms with Crippen LogP contribution in [0.2, 0.25) is 0 Å². The van der Waals surface area contributed by atoms with Crippen molar-refractivity contribution in [1.29, 1.82) is 0 Å². The van der Waals surface area contributed by atoms with E-state index in [1.165, 1.54) is 5.56 Å². The van der Waals surface area contributed by atoms with Crippen molar-refractivity contribution in [2.75, 3.05) is 6.54 Å². The van der Waals surface area contributed by atoms with Crippen LogP contribution >= 0.6 is 0 Å². The van der Waals surface area contributed by atoms with Gasteiger partial charge in [0, 0.05) is 30.7 Å². The summed E-state index contributed by atoms with van der Waals surface area (Å²) in [5, 5.41) is 4.55. The van der Waals surface area contributed by atoms with Crippen molar-refractivity contribution in [3.8, 4) is 11.3 Å². The van der Waals surface area contributed by atoms with Crippen LogP contribution in [0.5, 0.6) is 0 Å². The molecule has 0 aliphatic carbocycles. The van der Waals surface area contributed by atoms with Crippen molar-refractivity contribution < 1.29 is 0 Å². The van der Waals surface area contributed by atoms with Gasteiger partial charge in [0.2, 0.25) is 0 Å². The second-order valence-electron chi connectivity index (χ2n) is 3.64. The van der Waals surface area contributed by atoms with Crippen LogP contribution in [0, 0.1) is 0 Å². The SMILES string of the molecule is CCc1cn(CCN)nc1-c1ccncc1. The van der Waals surface area contributed by atoms with Crippen LogP contribution in [0.4, 0.5) is 0 Å². The summed E-state index contributed by atoms with van der Waals surface area (Å²) in [5.41, 5.74) is 8.93. The molecule has 0 aliphatic rings. The van der Waals surface area contributed by atoms with Gasteiger partial charge in [-0.1, -0.05) is 6.92 Å². The van der Waals surface area contributed by atoms with Gasteiger partial charge in [-0.3, -0.25) is 9.67 Å². The number of nitrogens with two attached hydrogens (primary N) is 1. The maximum atomic E-state index is 5.53. The number of rotatable bonds is 4. The maximum Gasteiger partial charge on any atom is 0.0956 e. The highest BCUT2D eigenvalue weighted by molar-refractivity contribution is 5.61. The van der Waals surface area contributed by atoms with Crippen molar-refractivity contribution >= 4 is 0 Å². The highest BCUT2D eigenvalue weighted by Gasteiger charge is 2.08. The monoisotopic (exact) mass is 216 g/mol. The first-order chi connectivity index (χ1) is 7.85. The van der Waals surface area contributed by atoms with E-state index in [-0.39, 0.29) is 0 Å². The summed E-state index contributed by atoms with van der Waals surface area (Å²) in [7, 11) is 0. The van der Waals surface area contributed by atoms with Crippen LogP contribution in [0.3, 0.4) is 0 Å². The van der Waals surface area contributed by atoms with E-state index < -0.39 is 0 Å². The summed E-state index contributed by atoms with van der Waals surface area (Å²) in [5.74, 6) is 0. The molecule has 0 bridgehead atoms. The van der Waals surface area contributed by atoms with Crippen LogP contribution in [-0.2, 0) is 13.0 Å². The zero-order chi connectivity index (χ0) is 11.4. The van der Waals surface area contributed by atoms with E-state index in [0.29, 0.717) is 6.54 Å². The minimum atomic E-state index is 0.612. The summed E-state index contributed by atoms with van der Waals surface area (Å²) >= 11 is 0. The summed E-state index contributed by atoms with van der Waals surface area (Å²) < 4.78 is 1.91. The highest BCUT2D eigenvalue weighted by Crippen LogP contribution is 2.21. The summed E-state index contributed by atoms with van der Waals surface area (Å²) in [4.78, 5) is 4.01. The molecule has 0 saturated carbocycles. The fraction of sp³-hybridized carbons (Fsp3) is 0.333. The molecule has 2 N–H and O–H groups in total. The molecule has 4 nitrogen and oxygen atoms in total. The van der Waals surface area contributed by atoms with E-state index in [2.05, 4.69) is 23.2 Å². The molecule has 16 heavy (non-hydrogen) atoms. The number of aromatic nitrogens is 3. The third-order valence-electron chi connectivity index (χ3n) is 2.53. The average molecular weight is 216 g/mol. The van der Waals surface area contributed by atoms with Gasteiger partial charge in [-0.25, -0.2) is 0 Å². The third kappa shape index (κ3) is 2.12. The molecule has 0 amide bonds. The van der Waals surface area contributed by atoms with E-state index in [0.717, 1.165) is 24.2 Å². The summed E-state index contributed by atoms with van der Waals surface area (Å²) in [6.07, 6.45) is 6.62. The standard InChI is InChI=1S/C12H16N4/c1-2-10-9-16(8-5-13)15-12(10)11-3-6-14-7-4-11/h3-4,6-7,9H,2,5,8,13H2,1H3. The zero-order valence-electron chi connectivity index (χ0n) is 9.43. The van der Waals surface area contributed by atoms with Crippen LogP contribution in [0.15, 0.2) is 30.7 Å². The molecule has 2 aromatic heterocycles. The fourth-order valence-electron chi connectivity index (χ4n) is 1.72. The lowest BCUT2D eigenvalue weighted by atomic mass is 10.1. The van der Waals surface area contributed by atoms with Crippen molar-refractivity contribution in [3.63, 3.8) is 0 Å². The van der Waals surface area contributed by atoms with E-state index in [4.69, 9.17) is 5.73 Å². The smallest absolute Gasteiger partial charge is 0.0956 e. The van der Waals surface area contributed by atoms with E-state index in [9.17, 15) is 0 Å². The lowest BCUT2D eigenvalue weighted by molar-refractivity contribution is 0.626. The molecule has 84 valence electrons. The molecule has 0 unspecified atom stereocenters. The number of hydrogen-bond donors (Lipinski definition) is 1. The Labute approximate surface area is 95.1 Å². The molecule has 2 heterocycles. The molecule has 2 rings (SSSR count). The van der Waals surface area contributed by atoms with Crippen LogP contribution < -0.4 is 5.73 Å². The number of nitrogens with zero attached hydrogens (tertiary/aromatic N) is 3. The van der Waals surface area contributed by atoms with Crippen molar-refractivity contribution in [3.05, 3.63) is 36.3 Å². The number of hydrogen-bond acceptors (Lipinski definition) is 3. The predicted molar refractivity (Wildman–Crippen MR) is 63.9 cm³/mol. The topological polar surface area (TPSA) is 56.7 Å². The van der Waals surface area contributed by atoms with Gasteiger partial charge in [-0.15, -0.1) is 0 Å². The minimum Gasteiger partial charge on any atom is -0.329 e. The Morgan fingerprint density at radius 2 is 2.06 bits per heavy atom. The predicted octanol–water partition coefficient (Wildman–Crippen LogP) is 1.47. The van der Waals surface area contributed by atoms with E-state index in [1.54, 1.807) is 12.4 Å². The Balaban J connectivity index is 2.39. The quantitative estimate of drug-likeness (QED) is 0.842. The van der Waals surface area contributed by atoms with Gasteiger partial charge in [0.15, 0.2) is 0 Å². The molecule has 0 fully saturated rings. The Morgan fingerprint density at radius 1 is 1.31 bits per heavy atom. The largest absolute Gasteiger partial charge is 0.329 e. The van der Waals surface area contributed by atoms with Crippen LogP contribution in [0.25, 0.3) is 11.3 Å². The molecule has 0 atom stereocenters. The van der Waals surface area contributed by atoms with Gasteiger partial charge in [-0.2, -0.15) is 5.10 Å².